The van der Waals surface area contributed by atoms with Crippen molar-refractivity contribution in [1.82, 2.24) is 21.3 Å². The van der Waals surface area contributed by atoms with E-state index in [9.17, 15) is 43.5 Å². The van der Waals surface area contributed by atoms with Gasteiger partial charge in [0.15, 0.2) is 5.78 Å². The van der Waals surface area contributed by atoms with Gasteiger partial charge in [-0.05, 0) is 90.3 Å². The van der Waals surface area contributed by atoms with Crippen molar-refractivity contribution in [3.05, 3.63) is 70.3 Å². The first-order valence-corrected chi connectivity index (χ1v) is 20.4. The maximum Gasteiger partial charge on any atom is 0.336 e. The fourth-order valence-electron chi connectivity index (χ4n) is 8.35. The quantitative estimate of drug-likeness (QED) is 0.119. The van der Waals surface area contributed by atoms with Crippen LogP contribution in [-0.2, 0) is 33.5 Å². The van der Waals surface area contributed by atoms with Gasteiger partial charge in [0.2, 0.25) is 23.5 Å². The molecule has 2 aliphatic carbocycles. The molecule has 2 fully saturated rings. The third-order valence-electron chi connectivity index (χ3n) is 10.9. The molecule has 2 saturated carbocycles. The van der Waals surface area contributed by atoms with Crippen LogP contribution in [0.1, 0.15) is 129 Å². The average molecular weight is 818 g/mol. The van der Waals surface area contributed by atoms with Crippen molar-refractivity contribution in [1.29, 1.82) is 0 Å². The van der Waals surface area contributed by atoms with E-state index in [0.717, 1.165) is 30.4 Å². The Labute approximate surface area is 345 Å². The minimum atomic E-state index is -1.29. The number of aromatic carboxylic acids is 1. The lowest BCUT2D eigenvalue weighted by atomic mass is 9.77. The van der Waals surface area contributed by atoms with Gasteiger partial charge < -0.3 is 36.8 Å². The molecular weight excluding hydrogens is 759 g/mol. The molecule has 15 heteroatoms. The zero-order valence-corrected chi connectivity index (χ0v) is 34.9. The molecule has 0 saturated heterocycles. The van der Waals surface area contributed by atoms with E-state index < -0.39 is 89.5 Å². The number of carbonyl (C=O) groups excluding carboxylic acids is 7. The molecule has 0 heterocycles. The molecule has 0 bridgehead atoms. The van der Waals surface area contributed by atoms with Crippen molar-refractivity contribution in [2.75, 3.05) is 6.54 Å². The highest BCUT2D eigenvalue weighted by Gasteiger charge is 2.48. The van der Waals surface area contributed by atoms with Crippen LogP contribution in [0.15, 0.2) is 42.5 Å². The maximum atomic E-state index is 14.7. The molecule has 0 aromatic heterocycles. The number of amides is 5. The molecule has 6 atom stereocenters. The fraction of sp³-hybridized carbons (Fsp3) is 0.545. The number of rotatable bonds is 18. The topological polar surface area (TPSA) is 240 Å². The largest absolute Gasteiger partial charge is 0.478 e. The first kappa shape index (κ1) is 46.3. The average Bonchev–Trinajstić information content (AvgIpc) is 3.59. The van der Waals surface area contributed by atoms with Gasteiger partial charge in [0.25, 0.3) is 11.8 Å². The second-order valence-electron chi connectivity index (χ2n) is 16.9. The highest BCUT2D eigenvalue weighted by Crippen LogP contribution is 2.39. The predicted molar refractivity (Wildman–Crippen MR) is 218 cm³/mol. The number of ether oxygens (including phenoxy) is 1. The molecule has 320 valence electrons. The Morgan fingerprint density at radius 2 is 1.46 bits per heavy atom. The summed E-state index contributed by atoms with van der Waals surface area (Å²) in [5.74, 6) is -8.90. The Bertz CT molecular complexity index is 1900. The van der Waals surface area contributed by atoms with Crippen LogP contribution in [0.5, 0.6) is 0 Å². The number of ketones is 2. The molecule has 0 spiro atoms. The smallest absolute Gasteiger partial charge is 0.336 e. The van der Waals surface area contributed by atoms with Crippen molar-refractivity contribution < 1.29 is 48.2 Å². The molecule has 15 nitrogen and oxygen atoms in total. The minimum Gasteiger partial charge on any atom is -0.478 e. The third-order valence-corrected chi connectivity index (χ3v) is 10.9. The second-order valence-corrected chi connectivity index (χ2v) is 16.9. The van der Waals surface area contributed by atoms with Gasteiger partial charge in [0, 0.05) is 5.92 Å². The van der Waals surface area contributed by atoms with E-state index in [2.05, 4.69) is 21.3 Å². The van der Waals surface area contributed by atoms with Gasteiger partial charge in [-0.15, -0.1) is 0 Å². The van der Waals surface area contributed by atoms with E-state index in [-0.39, 0.29) is 42.1 Å². The zero-order chi connectivity index (χ0) is 43.6. The second kappa shape index (κ2) is 20.5. The minimum absolute atomic E-state index is 0.0810. The summed E-state index contributed by atoms with van der Waals surface area (Å²) >= 11 is 0. The molecule has 7 N–H and O–H groups in total. The molecule has 2 aliphatic rings. The van der Waals surface area contributed by atoms with Gasteiger partial charge in [-0.1, -0.05) is 74.1 Å². The van der Waals surface area contributed by atoms with E-state index in [1.807, 2.05) is 40.7 Å². The van der Waals surface area contributed by atoms with Crippen molar-refractivity contribution in [3.63, 3.8) is 0 Å². The first-order valence-electron chi connectivity index (χ1n) is 20.4. The molecule has 2 aromatic rings. The van der Waals surface area contributed by atoms with Crippen molar-refractivity contribution in [3.8, 4) is 0 Å². The molecule has 5 amide bonds. The van der Waals surface area contributed by atoms with Crippen LogP contribution in [0.4, 0.5) is 0 Å². The van der Waals surface area contributed by atoms with E-state index in [0.29, 0.717) is 24.8 Å². The summed E-state index contributed by atoms with van der Waals surface area (Å²) in [6.45, 7) is 10.3. The molecule has 0 radical (unpaired) electrons. The van der Waals surface area contributed by atoms with Crippen molar-refractivity contribution in [2.24, 2.45) is 23.5 Å². The van der Waals surface area contributed by atoms with Crippen LogP contribution < -0.4 is 27.0 Å². The van der Waals surface area contributed by atoms with Crippen LogP contribution in [0.3, 0.4) is 0 Å². The number of nitrogens with two attached hydrogens (primary N) is 1. The Morgan fingerprint density at radius 1 is 0.847 bits per heavy atom. The lowest BCUT2D eigenvalue weighted by molar-refractivity contribution is -0.141. The zero-order valence-electron chi connectivity index (χ0n) is 34.9. The number of hydrogen-bond acceptors (Lipinski definition) is 9. The number of aryl methyl sites for hydroxylation is 2. The summed E-state index contributed by atoms with van der Waals surface area (Å²) in [7, 11) is 0. The summed E-state index contributed by atoms with van der Waals surface area (Å²) < 4.78 is 6.27. The Kier molecular flexibility index (Phi) is 16.1. The van der Waals surface area contributed by atoms with Gasteiger partial charge in [0.1, 0.15) is 6.04 Å². The SMILES string of the molecule is CCCC(NC(=O)[C@@H]1C[C@@H](OC(C)(C)C)CC1C(=O)[C@@H](NC(=O)c1ccccc1C(=O)O)C1CCCCC1)C(=O)C(=O)NCC(=O)NC(C(N)=O)c1cc(C)cc(C)c1. The summed E-state index contributed by atoms with van der Waals surface area (Å²) in [4.78, 5) is 106. The monoisotopic (exact) mass is 817 g/mol. The van der Waals surface area contributed by atoms with Gasteiger partial charge in [-0.2, -0.15) is 0 Å². The lowest BCUT2D eigenvalue weighted by Gasteiger charge is -2.33. The first-order chi connectivity index (χ1) is 27.8. The summed E-state index contributed by atoms with van der Waals surface area (Å²) in [6, 6.07) is 7.56. The van der Waals surface area contributed by atoms with Crippen molar-refractivity contribution >= 4 is 47.1 Å². The van der Waals surface area contributed by atoms with E-state index in [1.54, 1.807) is 25.1 Å². The maximum absolute atomic E-state index is 14.7. The lowest BCUT2D eigenvalue weighted by Crippen LogP contribution is -2.53. The summed E-state index contributed by atoms with van der Waals surface area (Å²) in [5.41, 5.74) is 6.82. The Hall–Kier alpha value is -5.44. The van der Waals surface area contributed by atoms with Gasteiger partial charge in [0.05, 0.1) is 47.4 Å². The van der Waals surface area contributed by atoms with Crippen LogP contribution in [0, 0.1) is 31.6 Å². The number of benzene rings is 2. The standard InChI is InChI=1S/C44H59N5O10/c1-7-13-33(38(52)42(56)46-23-34(50)48-36(39(45)53)27-19-24(2)18-25(3)20-27)47-41(55)32-22-28(59-44(4,5)6)21-31(32)37(51)35(26-14-9-8-10-15-26)49-40(54)29-16-11-12-17-30(29)43(57)58/h11-12,16-20,26,28,31-33,35-36H,7-10,13-15,21-23H2,1-6H3,(H2,45,53)(H,46,56)(H,47,55)(H,48,50)(H,49,54)(H,57,58)/t28-,31?,32+,33?,35-,36?/m0/s1. The van der Waals surface area contributed by atoms with Gasteiger partial charge in [-0.3, -0.25) is 33.6 Å². The van der Waals surface area contributed by atoms with Crippen molar-refractivity contribution in [2.45, 2.75) is 129 Å². The normalized spacial score (nSPS) is 19.7. The number of primary amides is 1. The van der Waals surface area contributed by atoms with Crippen LogP contribution >= 0.6 is 0 Å². The number of carboxylic acids is 1. The van der Waals surface area contributed by atoms with Gasteiger partial charge in [-0.25, -0.2) is 4.79 Å². The summed E-state index contributed by atoms with van der Waals surface area (Å²) in [6.07, 6.45) is 4.19. The molecular formula is C44H59N5O10. The van der Waals surface area contributed by atoms with E-state index in [4.69, 9.17) is 10.5 Å². The number of Topliss-reactive ketones (excluding diaryl/α,β-unsaturated/α-hetero) is 2. The molecule has 2 aromatic carbocycles. The molecule has 4 rings (SSSR count). The molecule has 59 heavy (non-hydrogen) atoms. The number of carbonyl (C=O) groups is 8. The number of nitrogens with one attached hydrogen (secondary N) is 4. The summed E-state index contributed by atoms with van der Waals surface area (Å²) in [5, 5.41) is 20.1. The molecule has 3 unspecified atom stereocenters. The highest BCUT2D eigenvalue weighted by atomic mass is 16.5. The number of carboxylic acid groups (broad SMARTS) is 1. The third kappa shape index (κ3) is 12.8. The van der Waals surface area contributed by atoms with Crippen LogP contribution in [-0.4, -0.2) is 82.5 Å². The fourth-order valence-corrected chi connectivity index (χ4v) is 8.35. The van der Waals surface area contributed by atoms with Crippen LogP contribution in [0.25, 0.3) is 0 Å². The van der Waals surface area contributed by atoms with E-state index in [1.165, 1.54) is 18.2 Å². The van der Waals surface area contributed by atoms with Crippen LogP contribution in [0.2, 0.25) is 0 Å². The Morgan fingerprint density at radius 3 is 2.03 bits per heavy atom. The molecule has 0 aliphatic heterocycles. The Balaban J connectivity index is 1.52. The van der Waals surface area contributed by atoms with E-state index >= 15 is 0 Å². The van der Waals surface area contributed by atoms with Gasteiger partial charge >= 0.3 is 5.97 Å². The predicted octanol–water partition coefficient (Wildman–Crippen LogP) is 3.77. The number of hydrogen-bond donors (Lipinski definition) is 6. The highest BCUT2D eigenvalue weighted by molar-refractivity contribution is 6.38.